The van der Waals surface area contributed by atoms with Gasteiger partial charge in [-0.3, -0.25) is 0 Å². The molecule has 3 N–H and O–H groups in total. The maximum absolute atomic E-state index is 13.9. The summed E-state index contributed by atoms with van der Waals surface area (Å²) < 4.78 is 19.2. The van der Waals surface area contributed by atoms with Crippen molar-refractivity contribution in [2.75, 3.05) is 19.0 Å². The molecule has 0 saturated carbocycles. The number of fused-ring (bicyclic) bond motifs is 1. The topological polar surface area (TPSA) is 49.1 Å². The fourth-order valence-corrected chi connectivity index (χ4v) is 3.74. The van der Waals surface area contributed by atoms with E-state index in [1.807, 2.05) is 30.5 Å². The van der Waals surface area contributed by atoms with Gasteiger partial charge in [-0.25, -0.2) is 4.39 Å². The first-order valence-corrected chi connectivity index (χ1v) is 10.1. The number of methoxy groups -OCH3 is 1. The minimum absolute atomic E-state index is 0.0347. The molecule has 4 aromatic rings. The summed E-state index contributed by atoms with van der Waals surface area (Å²) in [6, 6.07) is 22.7. The quantitative estimate of drug-likeness (QED) is 0.365. The molecule has 0 radical (unpaired) electrons. The van der Waals surface area contributed by atoms with Gasteiger partial charge in [-0.1, -0.05) is 42.5 Å². The van der Waals surface area contributed by atoms with Crippen LogP contribution in [-0.2, 0) is 0 Å². The van der Waals surface area contributed by atoms with Crippen molar-refractivity contribution in [1.82, 2.24) is 10.3 Å². The molecule has 4 nitrogen and oxygen atoms in total. The molecule has 0 unspecified atom stereocenters. The number of ether oxygens (including phenoxy) is 1. The highest BCUT2D eigenvalue weighted by Crippen LogP contribution is 2.31. The Labute approximate surface area is 180 Å². The van der Waals surface area contributed by atoms with Gasteiger partial charge in [0.15, 0.2) is 5.11 Å². The Morgan fingerprint density at radius 3 is 2.53 bits per heavy atom. The maximum Gasteiger partial charge on any atom is 0.170 e. The molecule has 3 aromatic carbocycles. The fourth-order valence-electron chi connectivity index (χ4n) is 3.55. The number of H-pyrrole nitrogens is 1. The second-order valence-corrected chi connectivity index (χ2v) is 7.34. The van der Waals surface area contributed by atoms with Gasteiger partial charge in [0.2, 0.25) is 0 Å². The Hall–Kier alpha value is -3.38. The maximum atomic E-state index is 13.9. The zero-order valence-corrected chi connectivity index (χ0v) is 17.3. The van der Waals surface area contributed by atoms with E-state index in [9.17, 15) is 4.39 Å². The van der Waals surface area contributed by atoms with Gasteiger partial charge in [0.05, 0.1) is 12.8 Å². The molecule has 1 heterocycles. The fraction of sp³-hybridized carbons (Fsp3) is 0.125. The highest BCUT2D eigenvalue weighted by molar-refractivity contribution is 7.80. The molecule has 0 fully saturated rings. The Morgan fingerprint density at radius 2 is 1.77 bits per heavy atom. The smallest absolute Gasteiger partial charge is 0.170 e. The van der Waals surface area contributed by atoms with E-state index >= 15 is 0 Å². The molecule has 1 aromatic heterocycles. The molecule has 6 heteroatoms. The average molecular weight is 420 g/mol. The number of aromatic nitrogens is 1. The van der Waals surface area contributed by atoms with Crippen LogP contribution >= 0.6 is 12.2 Å². The van der Waals surface area contributed by atoms with Gasteiger partial charge in [0, 0.05) is 29.6 Å². The lowest BCUT2D eigenvalue weighted by Gasteiger charge is -2.20. The van der Waals surface area contributed by atoms with Crippen LogP contribution in [0.1, 0.15) is 17.0 Å². The molecule has 152 valence electrons. The van der Waals surface area contributed by atoms with Crippen molar-refractivity contribution < 1.29 is 9.13 Å². The standard InChI is InChI=1S/C24H22FN3OS/c1-29-17-12-10-16(11-13-17)19(20-15-26-22-8-4-2-6-18(20)22)14-27-24(30)28-23-9-5-3-7-21(23)25/h2-13,15,19,26H,14H2,1H3,(H2,27,28,30)/t19-/m1/s1. The van der Waals surface area contributed by atoms with Crippen LogP contribution < -0.4 is 15.4 Å². The van der Waals surface area contributed by atoms with E-state index in [-0.39, 0.29) is 11.7 Å². The molecule has 0 amide bonds. The van der Waals surface area contributed by atoms with Crippen molar-refractivity contribution in [2.24, 2.45) is 0 Å². The summed E-state index contributed by atoms with van der Waals surface area (Å²) in [6.07, 6.45) is 2.04. The SMILES string of the molecule is COc1ccc([C@@H](CNC(=S)Nc2ccccc2F)c2c[nH]c3ccccc23)cc1. The van der Waals surface area contributed by atoms with Crippen LogP contribution in [0.4, 0.5) is 10.1 Å². The first-order chi connectivity index (χ1) is 14.7. The van der Waals surface area contributed by atoms with Crippen LogP contribution in [0.25, 0.3) is 10.9 Å². The third kappa shape index (κ3) is 4.28. The van der Waals surface area contributed by atoms with Crippen molar-refractivity contribution in [3.63, 3.8) is 0 Å². The second-order valence-electron chi connectivity index (χ2n) is 6.93. The molecular weight excluding hydrogens is 397 g/mol. The van der Waals surface area contributed by atoms with Crippen LogP contribution in [0.5, 0.6) is 5.75 Å². The Kier molecular flexibility index (Phi) is 5.95. The van der Waals surface area contributed by atoms with Crippen molar-refractivity contribution in [3.05, 3.63) is 95.9 Å². The molecule has 0 bridgehead atoms. The molecular formula is C24H22FN3OS. The molecule has 1 atom stereocenters. The zero-order valence-electron chi connectivity index (χ0n) is 16.5. The molecule has 0 aliphatic rings. The van der Waals surface area contributed by atoms with E-state index in [1.165, 1.54) is 6.07 Å². The summed E-state index contributed by atoms with van der Waals surface area (Å²) in [7, 11) is 1.65. The predicted molar refractivity (Wildman–Crippen MR) is 124 cm³/mol. The number of hydrogen-bond donors (Lipinski definition) is 3. The zero-order chi connectivity index (χ0) is 20.9. The number of rotatable bonds is 6. The number of thiocarbonyl (C=S) groups is 1. The lowest BCUT2D eigenvalue weighted by atomic mass is 9.91. The van der Waals surface area contributed by atoms with Crippen LogP contribution in [-0.4, -0.2) is 23.8 Å². The van der Waals surface area contributed by atoms with Crippen LogP contribution in [0.2, 0.25) is 0 Å². The summed E-state index contributed by atoms with van der Waals surface area (Å²) in [5, 5.41) is 7.72. The number of benzene rings is 3. The average Bonchev–Trinajstić information content (AvgIpc) is 3.20. The van der Waals surface area contributed by atoms with Gasteiger partial charge in [0.25, 0.3) is 0 Å². The van der Waals surface area contributed by atoms with Gasteiger partial charge in [0.1, 0.15) is 11.6 Å². The Bertz CT molecular complexity index is 1160. The Morgan fingerprint density at radius 1 is 1.03 bits per heavy atom. The summed E-state index contributed by atoms with van der Waals surface area (Å²) in [6.45, 7) is 0.550. The van der Waals surface area contributed by atoms with E-state index in [2.05, 4.69) is 39.9 Å². The molecule has 0 spiro atoms. The van der Waals surface area contributed by atoms with E-state index in [0.29, 0.717) is 17.3 Å². The van der Waals surface area contributed by atoms with Crippen molar-refractivity contribution >= 4 is 33.9 Å². The highest BCUT2D eigenvalue weighted by Gasteiger charge is 2.19. The second kappa shape index (κ2) is 8.97. The molecule has 30 heavy (non-hydrogen) atoms. The van der Waals surface area contributed by atoms with E-state index in [1.54, 1.807) is 25.3 Å². The highest BCUT2D eigenvalue weighted by atomic mass is 32.1. The first-order valence-electron chi connectivity index (χ1n) is 9.65. The van der Waals surface area contributed by atoms with Crippen molar-refractivity contribution in [1.29, 1.82) is 0 Å². The minimum atomic E-state index is -0.343. The monoisotopic (exact) mass is 419 g/mol. The first kappa shape index (κ1) is 19.9. The molecule has 4 rings (SSSR count). The Balaban J connectivity index is 1.59. The third-order valence-corrected chi connectivity index (χ3v) is 5.35. The van der Waals surface area contributed by atoms with E-state index in [0.717, 1.165) is 27.8 Å². The summed E-state index contributed by atoms with van der Waals surface area (Å²) in [5.74, 6) is 0.499. The van der Waals surface area contributed by atoms with Gasteiger partial charge in [-0.2, -0.15) is 0 Å². The largest absolute Gasteiger partial charge is 0.497 e. The summed E-state index contributed by atoms with van der Waals surface area (Å²) in [4.78, 5) is 3.35. The van der Waals surface area contributed by atoms with Gasteiger partial charge in [-0.15, -0.1) is 0 Å². The van der Waals surface area contributed by atoms with Gasteiger partial charge in [-0.05, 0) is 53.7 Å². The normalized spacial score (nSPS) is 11.8. The number of nitrogens with one attached hydrogen (secondary N) is 3. The van der Waals surface area contributed by atoms with Crippen LogP contribution in [0.15, 0.2) is 79.0 Å². The number of anilines is 1. The minimum Gasteiger partial charge on any atom is -0.497 e. The van der Waals surface area contributed by atoms with Crippen LogP contribution in [0, 0.1) is 5.82 Å². The lowest BCUT2D eigenvalue weighted by Crippen LogP contribution is -2.32. The van der Waals surface area contributed by atoms with Crippen molar-refractivity contribution in [3.8, 4) is 5.75 Å². The van der Waals surface area contributed by atoms with E-state index in [4.69, 9.17) is 17.0 Å². The van der Waals surface area contributed by atoms with Crippen LogP contribution in [0.3, 0.4) is 0 Å². The van der Waals surface area contributed by atoms with Gasteiger partial charge < -0.3 is 20.4 Å². The molecule has 0 saturated heterocycles. The number of aromatic amines is 1. The third-order valence-electron chi connectivity index (χ3n) is 5.10. The predicted octanol–water partition coefficient (Wildman–Crippen LogP) is 5.43. The van der Waals surface area contributed by atoms with E-state index < -0.39 is 0 Å². The lowest BCUT2D eigenvalue weighted by molar-refractivity contribution is 0.414. The summed E-state index contributed by atoms with van der Waals surface area (Å²) in [5.41, 5.74) is 3.72. The van der Waals surface area contributed by atoms with Crippen molar-refractivity contribution in [2.45, 2.75) is 5.92 Å². The number of hydrogen-bond acceptors (Lipinski definition) is 2. The molecule has 0 aliphatic carbocycles. The molecule has 0 aliphatic heterocycles. The van der Waals surface area contributed by atoms with Gasteiger partial charge >= 0.3 is 0 Å². The number of halogens is 1. The summed E-state index contributed by atoms with van der Waals surface area (Å²) >= 11 is 5.41. The number of para-hydroxylation sites is 2.